The minimum Gasteiger partial charge on any atom is -0.355 e. The summed E-state index contributed by atoms with van der Waals surface area (Å²) in [4.78, 5) is 24.3. The molecule has 1 aliphatic heterocycles. The van der Waals surface area contributed by atoms with Crippen LogP contribution in [-0.2, 0) is 21.4 Å². The summed E-state index contributed by atoms with van der Waals surface area (Å²) >= 11 is 0. The van der Waals surface area contributed by atoms with E-state index in [-0.39, 0.29) is 23.3 Å². The first-order valence-electron chi connectivity index (χ1n) is 8.37. The third-order valence-electron chi connectivity index (χ3n) is 5.62. The standard InChI is InChI=1S/C18H22N2O2/c21-16-13(7-4-10-19-16)17(22)20-15-11-18(15)9-3-6-12-5-1-2-8-14(12)18/h1-2,5,8,13,15H,3-4,6-7,9-11H2,(H,19,21)(H,20,22)/t13?,15-,18+/m1/s1. The van der Waals surface area contributed by atoms with Crippen LogP contribution in [0.15, 0.2) is 24.3 Å². The zero-order chi connectivity index (χ0) is 15.2. The van der Waals surface area contributed by atoms with Gasteiger partial charge in [0.05, 0.1) is 0 Å². The summed E-state index contributed by atoms with van der Waals surface area (Å²) in [7, 11) is 0. The Hall–Kier alpha value is -1.84. The molecular formula is C18H22N2O2. The first kappa shape index (κ1) is 13.8. The Kier molecular flexibility index (Phi) is 3.21. The highest BCUT2D eigenvalue weighted by Gasteiger charge is 2.57. The number of carbonyl (C=O) groups excluding carboxylic acids is 2. The number of benzene rings is 1. The molecule has 1 unspecified atom stereocenters. The van der Waals surface area contributed by atoms with Gasteiger partial charge in [0.2, 0.25) is 11.8 Å². The van der Waals surface area contributed by atoms with E-state index in [1.54, 1.807) is 0 Å². The predicted molar refractivity (Wildman–Crippen MR) is 83.3 cm³/mol. The van der Waals surface area contributed by atoms with Crippen molar-refractivity contribution in [2.45, 2.75) is 50.0 Å². The van der Waals surface area contributed by atoms with Crippen molar-refractivity contribution in [1.82, 2.24) is 10.6 Å². The second kappa shape index (κ2) is 5.11. The molecule has 4 rings (SSSR count). The Morgan fingerprint density at radius 1 is 1.27 bits per heavy atom. The molecule has 1 heterocycles. The third kappa shape index (κ3) is 2.13. The van der Waals surface area contributed by atoms with Crippen molar-refractivity contribution >= 4 is 11.8 Å². The average Bonchev–Trinajstić information content (AvgIpc) is 3.21. The van der Waals surface area contributed by atoms with Crippen molar-refractivity contribution < 1.29 is 9.59 Å². The van der Waals surface area contributed by atoms with Crippen molar-refractivity contribution in [3.63, 3.8) is 0 Å². The average molecular weight is 298 g/mol. The summed E-state index contributed by atoms with van der Waals surface area (Å²) in [5, 5.41) is 5.95. The van der Waals surface area contributed by atoms with Crippen LogP contribution in [0.1, 0.15) is 43.2 Å². The normalized spacial score (nSPS) is 33.0. The van der Waals surface area contributed by atoms with E-state index < -0.39 is 5.92 Å². The summed E-state index contributed by atoms with van der Waals surface area (Å²) in [5.74, 6) is -0.685. The molecule has 3 aliphatic rings. The SMILES string of the molecule is O=C1NCCCC1C(=O)N[C@@H]1C[C@]12CCCc1ccccc12. The smallest absolute Gasteiger partial charge is 0.232 e. The fraction of sp³-hybridized carbons (Fsp3) is 0.556. The first-order chi connectivity index (χ1) is 10.7. The van der Waals surface area contributed by atoms with E-state index in [9.17, 15) is 9.59 Å². The molecule has 0 bridgehead atoms. The van der Waals surface area contributed by atoms with E-state index in [1.807, 2.05) is 0 Å². The number of aryl methyl sites for hydroxylation is 1. The van der Waals surface area contributed by atoms with Crippen LogP contribution in [0.25, 0.3) is 0 Å². The lowest BCUT2D eigenvalue weighted by molar-refractivity contribution is -0.136. The van der Waals surface area contributed by atoms with E-state index >= 15 is 0 Å². The number of piperidine rings is 1. The summed E-state index contributed by atoms with van der Waals surface area (Å²) in [5.41, 5.74) is 2.98. The maximum Gasteiger partial charge on any atom is 0.232 e. The van der Waals surface area contributed by atoms with E-state index in [0.717, 1.165) is 25.7 Å². The Balaban J connectivity index is 1.49. The molecular weight excluding hydrogens is 276 g/mol. The Labute approximate surface area is 130 Å². The van der Waals surface area contributed by atoms with Gasteiger partial charge in [0.25, 0.3) is 0 Å². The van der Waals surface area contributed by atoms with E-state index in [0.29, 0.717) is 13.0 Å². The third-order valence-corrected chi connectivity index (χ3v) is 5.62. The fourth-order valence-electron chi connectivity index (χ4n) is 4.32. The molecule has 2 amide bonds. The van der Waals surface area contributed by atoms with Crippen LogP contribution >= 0.6 is 0 Å². The molecule has 3 atom stereocenters. The molecule has 1 spiro atoms. The molecule has 0 radical (unpaired) electrons. The summed E-state index contributed by atoms with van der Waals surface area (Å²) < 4.78 is 0. The van der Waals surface area contributed by atoms with Crippen LogP contribution in [0.3, 0.4) is 0 Å². The van der Waals surface area contributed by atoms with Crippen LogP contribution in [0.5, 0.6) is 0 Å². The van der Waals surface area contributed by atoms with Gasteiger partial charge >= 0.3 is 0 Å². The topological polar surface area (TPSA) is 58.2 Å². The Bertz CT molecular complexity index is 627. The number of rotatable bonds is 2. The van der Waals surface area contributed by atoms with Gasteiger partial charge in [0, 0.05) is 18.0 Å². The minimum absolute atomic E-state index is 0.0814. The van der Waals surface area contributed by atoms with Gasteiger partial charge in [-0.2, -0.15) is 0 Å². The van der Waals surface area contributed by atoms with Crippen molar-refractivity contribution in [1.29, 1.82) is 0 Å². The van der Waals surface area contributed by atoms with Gasteiger partial charge in [-0.1, -0.05) is 24.3 Å². The lowest BCUT2D eigenvalue weighted by Gasteiger charge is -2.27. The quantitative estimate of drug-likeness (QED) is 0.816. The first-order valence-corrected chi connectivity index (χ1v) is 8.37. The fourth-order valence-corrected chi connectivity index (χ4v) is 4.32. The highest BCUT2D eigenvalue weighted by atomic mass is 16.2. The number of carbonyl (C=O) groups is 2. The van der Waals surface area contributed by atoms with E-state index in [1.165, 1.54) is 17.5 Å². The van der Waals surface area contributed by atoms with Gasteiger partial charge in [0.15, 0.2) is 0 Å². The summed E-state index contributed by atoms with van der Waals surface area (Å²) in [6.07, 6.45) is 6.06. The number of nitrogens with one attached hydrogen (secondary N) is 2. The van der Waals surface area contributed by atoms with Crippen LogP contribution in [0.2, 0.25) is 0 Å². The summed E-state index contributed by atoms with van der Waals surface area (Å²) in [6.45, 7) is 0.698. The van der Waals surface area contributed by atoms with Crippen LogP contribution in [0, 0.1) is 5.92 Å². The van der Waals surface area contributed by atoms with Gasteiger partial charge in [-0.3, -0.25) is 9.59 Å². The number of amides is 2. The highest BCUT2D eigenvalue weighted by molar-refractivity contribution is 6.01. The molecule has 22 heavy (non-hydrogen) atoms. The zero-order valence-corrected chi connectivity index (χ0v) is 12.7. The molecule has 116 valence electrons. The van der Waals surface area contributed by atoms with Crippen molar-refractivity contribution in [2.24, 2.45) is 5.92 Å². The van der Waals surface area contributed by atoms with E-state index in [4.69, 9.17) is 0 Å². The molecule has 2 fully saturated rings. The molecule has 0 aromatic heterocycles. The second-order valence-corrected chi connectivity index (χ2v) is 6.92. The Morgan fingerprint density at radius 2 is 2.14 bits per heavy atom. The number of fused-ring (bicyclic) bond motifs is 2. The second-order valence-electron chi connectivity index (χ2n) is 6.92. The molecule has 2 N–H and O–H groups in total. The highest BCUT2D eigenvalue weighted by Crippen LogP contribution is 2.55. The minimum atomic E-state index is -0.495. The monoisotopic (exact) mass is 298 g/mol. The van der Waals surface area contributed by atoms with Crippen molar-refractivity contribution in [2.75, 3.05) is 6.54 Å². The van der Waals surface area contributed by atoms with E-state index in [2.05, 4.69) is 34.9 Å². The molecule has 1 aromatic rings. The van der Waals surface area contributed by atoms with Gasteiger partial charge in [0.1, 0.15) is 5.92 Å². The lowest BCUT2D eigenvalue weighted by atomic mass is 9.79. The van der Waals surface area contributed by atoms with Gasteiger partial charge < -0.3 is 10.6 Å². The number of hydrogen-bond donors (Lipinski definition) is 2. The maximum absolute atomic E-state index is 12.4. The molecule has 1 aromatic carbocycles. The molecule has 4 heteroatoms. The van der Waals surface area contributed by atoms with Crippen LogP contribution in [-0.4, -0.2) is 24.4 Å². The molecule has 1 saturated carbocycles. The lowest BCUT2D eigenvalue weighted by Crippen LogP contribution is -2.46. The van der Waals surface area contributed by atoms with Gasteiger partial charge in [-0.25, -0.2) is 0 Å². The van der Waals surface area contributed by atoms with Crippen molar-refractivity contribution in [3.8, 4) is 0 Å². The van der Waals surface area contributed by atoms with Crippen LogP contribution in [0.4, 0.5) is 0 Å². The van der Waals surface area contributed by atoms with Crippen LogP contribution < -0.4 is 10.6 Å². The summed E-state index contributed by atoms with van der Waals surface area (Å²) in [6, 6.07) is 8.82. The predicted octanol–water partition coefficient (Wildman–Crippen LogP) is 1.68. The maximum atomic E-state index is 12.4. The zero-order valence-electron chi connectivity index (χ0n) is 12.7. The molecule has 1 saturated heterocycles. The molecule has 4 nitrogen and oxygen atoms in total. The Morgan fingerprint density at radius 3 is 3.00 bits per heavy atom. The largest absolute Gasteiger partial charge is 0.355 e. The van der Waals surface area contributed by atoms with Gasteiger partial charge in [-0.15, -0.1) is 0 Å². The molecule has 2 aliphatic carbocycles. The van der Waals surface area contributed by atoms with Gasteiger partial charge in [-0.05, 0) is 49.7 Å². The number of hydrogen-bond acceptors (Lipinski definition) is 2. The van der Waals surface area contributed by atoms with Crippen molar-refractivity contribution in [3.05, 3.63) is 35.4 Å².